The second-order valence-electron chi connectivity index (χ2n) is 11.8. The SMILES string of the molecule is N=C(N)c1ccc(CC(C(=O)NCc2ccccc2)C(=O)N[C@H](C(=O)NCc2cccc3ccccc23)C2CCCCC2)cc1. The third-order valence-corrected chi connectivity index (χ3v) is 8.68. The van der Waals surface area contributed by atoms with Crippen LogP contribution >= 0.6 is 0 Å². The number of hydrogen-bond acceptors (Lipinski definition) is 4. The van der Waals surface area contributed by atoms with E-state index in [1.54, 1.807) is 24.3 Å². The zero-order chi connectivity index (χ0) is 31.6. The van der Waals surface area contributed by atoms with E-state index >= 15 is 0 Å². The van der Waals surface area contributed by atoms with Crippen LogP contribution in [0.2, 0.25) is 0 Å². The Balaban J connectivity index is 1.34. The van der Waals surface area contributed by atoms with Gasteiger partial charge in [0, 0.05) is 18.7 Å². The zero-order valence-corrected chi connectivity index (χ0v) is 25.4. The summed E-state index contributed by atoms with van der Waals surface area (Å²) in [6.07, 6.45) is 4.91. The number of hydrogen-bond donors (Lipinski definition) is 5. The molecule has 4 aromatic rings. The van der Waals surface area contributed by atoms with Crippen molar-refractivity contribution in [3.63, 3.8) is 0 Å². The molecule has 2 atom stereocenters. The van der Waals surface area contributed by atoms with Gasteiger partial charge in [0.2, 0.25) is 17.7 Å². The zero-order valence-electron chi connectivity index (χ0n) is 25.4. The quantitative estimate of drug-likeness (QED) is 0.0886. The molecule has 5 rings (SSSR count). The summed E-state index contributed by atoms with van der Waals surface area (Å²) in [7, 11) is 0. The highest BCUT2D eigenvalue weighted by atomic mass is 16.2. The molecule has 1 aliphatic carbocycles. The molecule has 8 heteroatoms. The van der Waals surface area contributed by atoms with Crippen molar-refractivity contribution in [3.05, 3.63) is 119 Å². The normalized spacial score (nSPS) is 14.7. The lowest BCUT2D eigenvalue weighted by Crippen LogP contribution is -2.54. The molecule has 0 heterocycles. The Labute approximate surface area is 264 Å². The number of amides is 3. The van der Waals surface area contributed by atoms with E-state index in [0.29, 0.717) is 12.1 Å². The third-order valence-electron chi connectivity index (χ3n) is 8.68. The number of rotatable bonds is 12. The van der Waals surface area contributed by atoms with Crippen LogP contribution in [0.5, 0.6) is 0 Å². The highest BCUT2D eigenvalue weighted by Gasteiger charge is 2.35. The van der Waals surface area contributed by atoms with E-state index in [4.69, 9.17) is 11.1 Å². The fraction of sp³-hybridized carbons (Fsp3) is 0.297. The molecule has 0 bridgehead atoms. The number of carbonyl (C=O) groups is 3. The lowest BCUT2D eigenvalue weighted by Gasteiger charge is -2.31. The molecular weight excluding hydrogens is 562 g/mol. The van der Waals surface area contributed by atoms with Gasteiger partial charge >= 0.3 is 0 Å². The Kier molecular flexibility index (Phi) is 10.6. The molecule has 0 aliphatic heterocycles. The molecule has 1 unspecified atom stereocenters. The number of nitrogens with two attached hydrogens (primary N) is 1. The summed E-state index contributed by atoms with van der Waals surface area (Å²) in [5.74, 6) is -2.26. The van der Waals surface area contributed by atoms with Crippen molar-refractivity contribution in [2.45, 2.75) is 57.7 Å². The molecule has 3 amide bonds. The molecule has 232 valence electrons. The summed E-state index contributed by atoms with van der Waals surface area (Å²) < 4.78 is 0. The van der Waals surface area contributed by atoms with Gasteiger partial charge in [-0.2, -0.15) is 0 Å². The molecule has 0 radical (unpaired) electrons. The van der Waals surface area contributed by atoms with Crippen LogP contribution in [0, 0.1) is 17.2 Å². The van der Waals surface area contributed by atoms with Crippen molar-refractivity contribution in [3.8, 4) is 0 Å². The van der Waals surface area contributed by atoms with Gasteiger partial charge in [-0.3, -0.25) is 19.8 Å². The van der Waals surface area contributed by atoms with E-state index in [2.05, 4.69) is 16.0 Å². The van der Waals surface area contributed by atoms with Crippen LogP contribution in [0.15, 0.2) is 97.1 Å². The molecule has 0 saturated heterocycles. The number of amidine groups is 1. The van der Waals surface area contributed by atoms with Gasteiger partial charge in [0.1, 0.15) is 17.8 Å². The van der Waals surface area contributed by atoms with E-state index in [1.165, 1.54) is 0 Å². The molecular formula is C37H41N5O3. The fourth-order valence-corrected chi connectivity index (χ4v) is 6.13. The van der Waals surface area contributed by atoms with Crippen LogP contribution in [0.25, 0.3) is 10.8 Å². The predicted molar refractivity (Wildman–Crippen MR) is 177 cm³/mol. The standard InChI is InChI=1S/C37H41N5O3/c38-34(39)29-20-18-25(19-21-29)22-32(35(43)40-23-26-10-3-1-4-11-26)36(44)42-33(28-13-5-2-6-14-28)37(45)41-24-30-16-9-15-27-12-7-8-17-31(27)30/h1,3-4,7-12,15-21,28,32-33H,2,5-6,13-14,22-24H2,(H3,38,39)(H,40,43)(H,41,45)(H,42,44)/t32?,33-/m0/s1. The third kappa shape index (κ3) is 8.35. The maximum absolute atomic E-state index is 14.0. The summed E-state index contributed by atoms with van der Waals surface area (Å²) >= 11 is 0. The maximum Gasteiger partial charge on any atom is 0.243 e. The molecule has 1 aliphatic rings. The fourth-order valence-electron chi connectivity index (χ4n) is 6.13. The first-order chi connectivity index (χ1) is 21.9. The van der Waals surface area contributed by atoms with Gasteiger partial charge in [0.15, 0.2) is 0 Å². The minimum atomic E-state index is -1.06. The second-order valence-corrected chi connectivity index (χ2v) is 11.8. The minimum Gasteiger partial charge on any atom is -0.384 e. The Morgan fingerprint density at radius 1 is 0.711 bits per heavy atom. The summed E-state index contributed by atoms with van der Waals surface area (Å²) in [6, 6.07) is 29.8. The van der Waals surface area contributed by atoms with E-state index in [-0.39, 0.29) is 30.6 Å². The Morgan fingerprint density at radius 3 is 2.11 bits per heavy atom. The highest BCUT2D eigenvalue weighted by Crippen LogP contribution is 2.27. The van der Waals surface area contributed by atoms with Crippen molar-refractivity contribution < 1.29 is 14.4 Å². The molecule has 8 nitrogen and oxygen atoms in total. The van der Waals surface area contributed by atoms with Gasteiger partial charge in [-0.25, -0.2) is 0 Å². The van der Waals surface area contributed by atoms with Crippen LogP contribution in [-0.2, 0) is 33.9 Å². The lowest BCUT2D eigenvalue weighted by molar-refractivity contribution is -0.138. The average molecular weight is 604 g/mol. The summed E-state index contributed by atoms with van der Waals surface area (Å²) in [5.41, 5.74) is 8.86. The van der Waals surface area contributed by atoms with Crippen LogP contribution < -0.4 is 21.7 Å². The van der Waals surface area contributed by atoms with Crippen LogP contribution in [0.4, 0.5) is 0 Å². The Bertz CT molecular complexity index is 1630. The number of benzene rings is 4. The van der Waals surface area contributed by atoms with Gasteiger partial charge in [-0.1, -0.05) is 116 Å². The monoisotopic (exact) mass is 603 g/mol. The predicted octanol–water partition coefficient (Wildman–Crippen LogP) is 4.98. The van der Waals surface area contributed by atoms with E-state index in [9.17, 15) is 14.4 Å². The largest absolute Gasteiger partial charge is 0.384 e. The first-order valence-electron chi connectivity index (χ1n) is 15.7. The highest BCUT2D eigenvalue weighted by molar-refractivity contribution is 6.02. The summed E-state index contributed by atoms with van der Waals surface area (Å²) in [4.78, 5) is 41.3. The molecule has 0 spiro atoms. The first-order valence-corrected chi connectivity index (χ1v) is 15.7. The van der Waals surface area contributed by atoms with Gasteiger partial charge in [0.25, 0.3) is 0 Å². The molecule has 45 heavy (non-hydrogen) atoms. The van der Waals surface area contributed by atoms with Crippen molar-refractivity contribution in [2.75, 3.05) is 0 Å². The van der Waals surface area contributed by atoms with Crippen LogP contribution in [0.3, 0.4) is 0 Å². The molecule has 6 N–H and O–H groups in total. The minimum absolute atomic E-state index is 0.0157. The van der Waals surface area contributed by atoms with Crippen molar-refractivity contribution in [1.82, 2.24) is 16.0 Å². The van der Waals surface area contributed by atoms with Gasteiger partial charge in [0.05, 0.1) is 0 Å². The van der Waals surface area contributed by atoms with Crippen molar-refractivity contribution in [1.29, 1.82) is 5.41 Å². The van der Waals surface area contributed by atoms with Crippen molar-refractivity contribution in [2.24, 2.45) is 17.6 Å². The van der Waals surface area contributed by atoms with Crippen LogP contribution in [0.1, 0.15) is 54.4 Å². The smallest absolute Gasteiger partial charge is 0.243 e. The molecule has 1 saturated carbocycles. The van der Waals surface area contributed by atoms with E-state index in [1.807, 2.05) is 72.8 Å². The first kappa shape index (κ1) is 31.4. The average Bonchev–Trinajstić information content (AvgIpc) is 3.08. The Hall–Kier alpha value is -4.98. The number of fused-ring (bicyclic) bond motifs is 1. The molecule has 0 aromatic heterocycles. The van der Waals surface area contributed by atoms with Gasteiger partial charge in [-0.15, -0.1) is 0 Å². The van der Waals surface area contributed by atoms with Crippen molar-refractivity contribution >= 4 is 34.3 Å². The van der Waals surface area contributed by atoms with Gasteiger partial charge in [-0.05, 0) is 52.6 Å². The second kappa shape index (κ2) is 15.1. The van der Waals surface area contributed by atoms with Gasteiger partial charge < -0.3 is 21.7 Å². The van der Waals surface area contributed by atoms with Crippen LogP contribution in [-0.4, -0.2) is 29.6 Å². The molecule has 4 aromatic carbocycles. The summed E-state index contributed by atoms with van der Waals surface area (Å²) in [6.45, 7) is 0.618. The topological polar surface area (TPSA) is 137 Å². The van der Waals surface area contributed by atoms with E-state index in [0.717, 1.165) is 59.6 Å². The number of carbonyl (C=O) groups excluding carboxylic acids is 3. The number of nitrogens with one attached hydrogen (secondary N) is 4. The lowest BCUT2D eigenvalue weighted by atomic mass is 9.83. The maximum atomic E-state index is 14.0. The summed E-state index contributed by atoms with van der Waals surface area (Å²) in [5, 5.41) is 18.9. The molecule has 1 fully saturated rings. The Morgan fingerprint density at radius 2 is 1.38 bits per heavy atom. The van der Waals surface area contributed by atoms with E-state index < -0.39 is 23.8 Å². The number of nitrogen functional groups attached to an aromatic ring is 1.